The van der Waals surface area contributed by atoms with Crippen molar-refractivity contribution in [1.29, 1.82) is 0 Å². The Morgan fingerprint density at radius 2 is 2.00 bits per heavy atom. The topological polar surface area (TPSA) is 117 Å². The molecule has 0 aliphatic heterocycles. The fraction of sp³-hybridized carbons (Fsp3) is 0.650. The molecule has 0 aromatic heterocycles. The molecule has 0 aliphatic carbocycles. The highest BCUT2D eigenvalue weighted by molar-refractivity contribution is 7.99. The number of methoxy groups -OCH3 is 1. The maximum atomic E-state index is 12.5. The maximum Gasteiger partial charge on any atom is 0.341 e. The number of non-ortho nitro benzene ring substituents is 1. The number of hydrogen-bond acceptors (Lipinski definition) is 8. The van der Waals surface area contributed by atoms with Gasteiger partial charge in [0.2, 0.25) is 0 Å². The fourth-order valence-corrected chi connectivity index (χ4v) is 3.81. The van der Waals surface area contributed by atoms with Crippen molar-refractivity contribution in [2.24, 2.45) is 11.7 Å². The van der Waals surface area contributed by atoms with E-state index in [0.717, 1.165) is 17.1 Å². The summed E-state index contributed by atoms with van der Waals surface area (Å²) in [7, 11) is 1.34. The number of nitro benzene ring substituents is 1. The number of carbonyl (C=O) groups is 1. The fourth-order valence-electron chi connectivity index (χ4n) is 3.13. The van der Waals surface area contributed by atoms with Gasteiger partial charge in [-0.15, -0.1) is 0 Å². The minimum atomic E-state index is -1.27. The predicted octanol–water partition coefficient (Wildman–Crippen LogP) is 2.74. The summed E-state index contributed by atoms with van der Waals surface area (Å²) in [5.41, 5.74) is 6.24. The molecule has 1 aromatic carbocycles. The molecule has 164 valence electrons. The molecule has 1 unspecified atom stereocenters. The summed E-state index contributed by atoms with van der Waals surface area (Å²) in [6.45, 7) is 5.95. The Bertz CT molecular complexity index is 629. The number of nitro groups is 1. The molecule has 2 atom stereocenters. The van der Waals surface area contributed by atoms with Gasteiger partial charge >= 0.3 is 5.97 Å². The number of benzene rings is 1. The monoisotopic (exact) mass is 427 g/mol. The highest BCUT2D eigenvalue weighted by Crippen LogP contribution is 2.24. The van der Waals surface area contributed by atoms with Gasteiger partial charge in [-0.3, -0.25) is 15.4 Å². The normalized spacial score (nSPS) is 14.2. The van der Waals surface area contributed by atoms with Crippen molar-refractivity contribution in [3.05, 3.63) is 39.9 Å². The highest BCUT2D eigenvalue weighted by Gasteiger charge is 2.41. The molecule has 0 heterocycles. The van der Waals surface area contributed by atoms with Gasteiger partial charge in [0.05, 0.1) is 18.6 Å². The molecule has 1 aromatic rings. The maximum absolute atomic E-state index is 12.5. The van der Waals surface area contributed by atoms with E-state index >= 15 is 0 Å². The van der Waals surface area contributed by atoms with Crippen molar-refractivity contribution >= 4 is 23.4 Å². The molecule has 0 saturated heterocycles. The van der Waals surface area contributed by atoms with Crippen molar-refractivity contribution in [2.45, 2.75) is 38.8 Å². The third kappa shape index (κ3) is 8.30. The summed E-state index contributed by atoms with van der Waals surface area (Å²) in [5.74, 6) is 1.08. The number of aryl methyl sites for hydroxylation is 1. The Kier molecular flexibility index (Phi) is 11.8. The van der Waals surface area contributed by atoms with E-state index in [9.17, 15) is 14.9 Å². The first-order valence-corrected chi connectivity index (χ1v) is 11.1. The molecular weight excluding hydrogens is 394 g/mol. The van der Waals surface area contributed by atoms with E-state index in [1.165, 1.54) is 19.2 Å². The summed E-state index contributed by atoms with van der Waals surface area (Å²) >= 11 is 1.74. The lowest BCUT2D eigenvalue weighted by Gasteiger charge is -2.35. The Labute approximate surface area is 177 Å². The van der Waals surface area contributed by atoms with Crippen LogP contribution in [0.1, 0.15) is 32.3 Å². The van der Waals surface area contributed by atoms with Crippen molar-refractivity contribution in [3.8, 4) is 0 Å². The molecule has 0 saturated carbocycles. The molecule has 0 radical (unpaired) electrons. The molecule has 0 amide bonds. The summed E-state index contributed by atoms with van der Waals surface area (Å²) in [5, 5.41) is 14.0. The number of esters is 1. The van der Waals surface area contributed by atoms with E-state index in [2.05, 4.69) is 5.32 Å². The van der Waals surface area contributed by atoms with Gasteiger partial charge in [0, 0.05) is 42.7 Å². The number of rotatable bonds is 15. The first kappa shape index (κ1) is 25.4. The summed E-state index contributed by atoms with van der Waals surface area (Å²) in [4.78, 5) is 22.8. The van der Waals surface area contributed by atoms with Crippen LogP contribution in [0.5, 0.6) is 0 Å². The number of hydrogen-bond donors (Lipinski definition) is 2. The van der Waals surface area contributed by atoms with Crippen LogP contribution in [0.15, 0.2) is 24.3 Å². The minimum Gasteiger partial charge on any atom is -0.467 e. The lowest BCUT2D eigenvalue weighted by Crippen LogP contribution is -2.65. The van der Waals surface area contributed by atoms with Gasteiger partial charge in [-0.25, -0.2) is 4.79 Å². The van der Waals surface area contributed by atoms with E-state index < -0.39 is 16.6 Å². The number of nitrogens with one attached hydrogen (secondary N) is 1. The van der Waals surface area contributed by atoms with Gasteiger partial charge in [-0.2, -0.15) is 11.8 Å². The Hall–Kier alpha value is -1.68. The second-order valence-electron chi connectivity index (χ2n) is 6.66. The first-order valence-electron chi connectivity index (χ1n) is 9.90. The van der Waals surface area contributed by atoms with Gasteiger partial charge in [0.25, 0.3) is 5.69 Å². The highest BCUT2D eigenvalue weighted by atomic mass is 32.2. The molecule has 0 bridgehead atoms. The quantitative estimate of drug-likeness (QED) is 0.144. The van der Waals surface area contributed by atoms with Crippen LogP contribution < -0.4 is 11.1 Å². The van der Waals surface area contributed by atoms with E-state index in [1.807, 2.05) is 13.8 Å². The zero-order valence-corrected chi connectivity index (χ0v) is 18.3. The zero-order valence-electron chi connectivity index (χ0n) is 17.5. The van der Waals surface area contributed by atoms with Crippen LogP contribution >= 0.6 is 11.8 Å². The third-order valence-corrected chi connectivity index (χ3v) is 5.78. The van der Waals surface area contributed by atoms with Crippen LogP contribution in [0.25, 0.3) is 0 Å². The van der Waals surface area contributed by atoms with Crippen LogP contribution in [-0.4, -0.2) is 54.9 Å². The molecule has 0 spiro atoms. The van der Waals surface area contributed by atoms with Crippen molar-refractivity contribution in [1.82, 2.24) is 5.32 Å². The van der Waals surface area contributed by atoms with Crippen molar-refractivity contribution in [2.75, 3.05) is 38.4 Å². The van der Waals surface area contributed by atoms with Gasteiger partial charge < -0.3 is 15.2 Å². The molecular formula is C20H33N3O5S. The van der Waals surface area contributed by atoms with E-state index in [-0.39, 0.29) is 11.6 Å². The van der Waals surface area contributed by atoms with Crippen LogP contribution in [0.2, 0.25) is 0 Å². The van der Waals surface area contributed by atoms with E-state index in [1.54, 1.807) is 23.9 Å². The third-order valence-electron chi connectivity index (χ3n) is 4.83. The molecule has 3 N–H and O–H groups in total. The zero-order chi connectivity index (χ0) is 21.7. The second kappa shape index (κ2) is 13.5. The summed E-state index contributed by atoms with van der Waals surface area (Å²) in [6, 6.07) is 6.46. The molecule has 0 aliphatic rings. The number of nitrogens with two attached hydrogens (primary N) is 1. The van der Waals surface area contributed by atoms with E-state index in [4.69, 9.17) is 15.2 Å². The van der Waals surface area contributed by atoms with Gasteiger partial charge in [-0.05, 0) is 31.7 Å². The SMILES string of the molecule is CCOCCSCCN[C@](N)(C(=O)OC)C(CC)CCc1ccc([N+](=O)[O-])cc1. The predicted molar refractivity (Wildman–Crippen MR) is 116 cm³/mol. The van der Waals surface area contributed by atoms with Crippen molar-refractivity contribution < 1.29 is 19.2 Å². The Morgan fingerprint density at radius 1 is 1.31 bits per heavy atom. The van der Waals surface area contributed by atoms with E-state index in [0.29, 0.717) is 39.0 Å². The van der Waals surface area contributed by atoms with Crippen LogP contribution in [0.3, 0.4) is 0 Å². The number of ether oxygens (including phenoxy) is 2. The Balaban J connectivity index is 2.66. The van der Waals surface area contributed by atoms with Gasteiger partial charge in [0.15, 0.2) is 5.66 Å². The molecule has 29 heavy (non-hydrogen) atoms. The lowest BCUT2D eigenvalue weighted by atomic mass is 9.85. The Morgan fingerprint density at radius 3 is 2.55 bits per heavy atom. The summed E-state index contributed by atoms with van der Waals surface area (Å²) in [6.07, 6.45) is 2.02. The first-order chi connectivity index (χ1) is 13.9. The van der Waals surface area contributed by atoms with Crippen molar-refractivity contribution in [3.63, 3.8) is 0 Å². The molecule has 8 nitrogen and oxygen atoms in total. The van der Waals surface area contributed by atoms with Gasteiger partial charge in [0.1, 0.15) is 0 Å². The van der Waals surface area contributed by atoms with Crippen LogP contribution in [-0.2, 0) is 20.7 Å². The lowest BCUT2D eigenvalue weighted by molar-refractivity contribution is -0.384. The minimum absolute atomic E-state index is 0.0621. The average molecular weight is 428 g/mol. The number of carbonyl (C=O) groups excluding carboxylic acids is 1. The number of thioether (sulfide) groups is 1. The van der Waals surface area contributed by atoms with Crippen LogP contribution in [0.4, 0.5) is 5.69 Å². The standard InChI is InChI=1S/C20H33N3O5S/c1-4-17(9-6-16-7-10-18(11-8-16)23(25)26)20(21,19(24)27-3)22-12-14-29-15-13-28-5-2/h7-8,10-11,17,22H,4-6,9,12-15,21H2,1-3H3/t17?,20-/m0/s1. The molecule has 0 fully saturated rings. The smallest absolute Gasteiger partial charge is 0.341 e. The largest absolute Gasteiger partial charge is 0.467 e. The van der Waals surface area contributed by atoms with Crippen LogP contribution in [0, 0.1) is 16.0 Å². The molecule has 1 rings (SSSR count). The second-order valence-corrected chi connectivity index (χ2v) is 7.89. The van der Waals surface area contributed by atoms with Gasteiger partial charge in [-0.1, -0.05) is 19.1 Å². The average Bonchev–Trinajstić information content (AvgIpc) is 2.73. The summed E-state index contributed by atoms with van der Waals surface area (Å²) < 4.78 is 10.3. The molecule has 9 heteroatoms. The number of nitrogens with zero attached hydrogens (tertiary/aromatic N) is 1.